The zero-order valence-corrected chi connectivity index (χ0v) is 22.5. The molecule has 2 aliphatic rings. The van der Waals surface area contributed by atoms with Crippen LogP contribution in [0, 0.1) is 0 Å². The minimum Gasteiger partial charge on any atom is -0.388 e. The number of ether oxygens (including phenoxy) is 2. The fourth-order valence-electron chi connectivity index (χ4n) is 3.87. The van der Waals surface area contributed by atoms with Crippen LogP contribution in [0.15, 0.2) is 27.0 Å². The number of aliphatic hydroxyl groups excluding tert-OH is 4. The van der Waals surface area contributed by atoms with Crippen molar-refractivity contribution in [3.05, 3.63) is 43.5 Å². The summed E-state index contributed by atoms with van der Waals surface area (Å²) >= 11 is 0. The van der Waals surface area contributed by atoms with Crippen LogP contribution in [0.4, 0.5) is 0 Å². The lowest BCUT2D eigenvalue weighted by atomic mass is 9.97. The first-order chi connectivity index (χ1) is 19.0. The Hall–Kier alpha value is -2.52. The van der Waals surface area contributed by atoms with Gasteiger partial charge in [0.25, 0.3) is 5.56 Å². The number of phosphoric ester groups is 2. The summed E-state index contributed by atoms with van der Waals surface area (Å²) < 4.78 is 49.6. The van der Waals surface area contributed by atoms with Gasteiger partial charge in [0.2, 0.25) is 5.91 Å². The van der Waals surface area contributed by atoms with Crippen molar-refractivity contribution in [1.82, 2.24) is 14.9 Å². The van der Waals surface area contributed by atoms with E-state index in [0.29, 0.717) is 0 Å². The molecule has 3 rings (SSSR count). The van der Waals surface area contributed by atoms with Crippen molar-refractivity contribution < 1.29 is 67.0 Å². The van der Waals surface area contributed by atoms with Crippen LogP contribution in [0.1, 0.15) is 13.2 Å². The number of aliphatic hydroxyl groups is 4. The lowest BCUT2D eigenvalue weighted by Crippen LogP contribution is -2.64. The summed E-state index contributed by atoms with van der Waals surface area (Å²) in [5.41, 5.74) is 6.72. The minimum absolute atomic E-state index is 0.596. The number of H-pyrrole nitrogens is 1. The Bertz CT molecular complexity index is 1370. The smallest absolute Gasteiger partial charge is 0.388 e. The van der Waals surface area contributed by atoms with Gasteiger partial charge in [0.15, 0.2) is 12.5 Å². The van der Waals surface area contributed by atoms with E-state index in [1.165, 1.54) is 0 Å². The van der Waals surface area contributed by atoms with Crippen LogP contribution < -0.4 is 16.6 Å². The molecule has 24 heteroatoms. The number of phosphoric acid groups is 2. The van der Waals surface area contributed by atoms with E-state index in [-0.39, 0.29) is 0 Å². The fraction of sp³-hybridized carbons (Fsp3) is 0.706. The molecular formula is C17H26N6O16P2. The van der Waals surface area contributed by atoms with Crippen LogP contribution in [0.25, 0.3) is 10.4 Å². The Kier molecular flexibility index (Phi) is 10.6. The van der Waals surface area contributed by atoms with Crippen molar-refractivity contribution in [2.24, 2.45) is 5.11 Å². The van der Waals surface area contributed by atoms with Crippen molar-refractivity contribution in [2.75, 3.05) is 13.2 Å². The molecule has 22 nitrogen and oxygen atoms in total. The molecule has 2 saturated heterocycles. The molecule has 0 spiro atoms. The Morgan fingerprint density at radius 1 is 1.12 bits per heavy atom. The summed E-state index contributed by atoms with van der Waals surface area (Å²) in [5, 5.41) is 46.2. The predicted octanol–water partition coefficient (Wildman–Crippen LogP) is -3.33. The molecule has 0 bridgehead atoms. The van der Waals surface area contributed by atoms with Crippen LogP contribution >= 0.6 is 15.6 Å². The molecule has 0 aliphatic carbocycles. The number of rotatable bonds is 11. The lowest BCUT2D eigenvalue weighted by Gasteiger charge is -2.42. The summed E-state index contributed by atoms with van der Waals surface area (Å²) in [4.78, 5) is 59.1. The summed E-state index contributed by atoms with van der Waals surface area (Å²) in [6, 6.07) is -0.794. The number of hydrogen-bond acceptors (Lipinski definition) is 15. The Morgan fingerprint density at radius 2 is 1.78 bits per heavy atom. The average molecular weight is 632 g/mol. The van der Waals surface area contributed by atoms with Gasteiger partial charge < -0.3 is 45.0 Å². The molecule has 230 valence electrons. The van der Waals surface area contributed by atoms with Crippen molar-refractivity contribution in [3.8, 4) is 0 Å². The van der Waals surface area contributed by atoms with Gasteiger partial charge in [-0.15, -0.1) is 0 Å². The summed E-state index contributed by atoms with van der Waals surface area (Å²) in [6.45, 7) is -0.656. The molecule has 7 unspecified atom stereocenters. The normalized spacial score (nSPS) is 34.7. The monoisotopic (exact) mass is 632 g/mol. The minimum atomic E-state index is -5.66. The number of azide groups is 1. The van der Waals surface area contributed by atoms with Crippen LogP contribution in [0.5, 0.6) is 0 Å². The highest BCUT2D eigenvalue weighted by atomic mass is 31.3. The number of carbonyl (C=O) groups excluding carboxylic acids is 1. The second-order valence-corrected chi connectivity index (χ2v) is 11.6. The standard InChI is InChI=1S/C17H26N6O16P2/c1-6(24)20-10-13(28)11(26)7(4-19-22-18)37-16(10)38-41(33,34)39-40(31,32)35-5-8-12(27)14(29)15(36-8)23-3-2-9(25)21-17(23)30/h2-3,7-8,10-16,26-29H,4-5H2,1H3,(H,20,24)(H,31,32)(H,33,34)(H,21,25,30)/t7?,8-,10?,11?,12+,13?,14+,15-,16?/m1/s1. The first-order valence-corrected chi connectivity index (χ1v) is 14.4. The molecule has 2 aliphatic heterocycles. The van der Waals surface area contributed by atoms with E-state index < -0.39 is 101 Å². The maximum Gasteiger partial charge on any atom is 0.483 e. The van der Waals surface area contributed by atoms with Gasteiger partial charge in [-0.3, -0.25) is 28.2 Å². The Balaban J connectivity index is 1.68. The van der Waals surface area contributed by atoms with Gasteiger partial charge in [-0.25, -0.2) is 13.9 Å². The van der Waals surface area contributed by atoms with Crippen LogP contribution in [0.3, 0.4) is 0 Å². The third kappa shape index (κ3) is 8.28. The van der Waals surface area contributed by atoms with E-state index in [9.17, 15) is 53.7 Å². The van der Waals surface area contributed by atoms with Gasteiger partial charge in [0.1, 0.15) is 36.6 Å². The zero-order valence-electron chi connectivity index (χ0n) is 20.7. The first-order valence-electron chi connectivity index (χ1n) is 11.4. The summed E-state index contributed by atoms with van der Waals surface area (Å²) in [5.74, 6) is -0.809. The Morgan fingerprint density at radius 3 is 2.39 bits per heavy atom. The number of nitrogens with one attached hydrogen (secondary N) is 2. The summed E-state index contributed by atoms with van der Waals surface area (Å²) in [7, 11) is -11.2. The maximum absolute atomic E-state index is 12.5. The fourth-order valence-corrected chi connectivity index (χ4v) is 6.04. The van der Waals surface area contributed by atoms with Crippen molar-refractivity contribution >= 4 is 21.6 Å². The molecule has 11 atom stereocenters. The molecule has 1 aromatic heterocycles. The summed E-state index contributed by atoms with van der Waals surface area (Å²) in [6.07, 6.45) is -13.1. The maximum atomic E-state index is 12.5. The second-order valence-electron chi connectivity index (χ2n) is 8.65. The third-order valence-corrected chi connectivity index (χ3v) is 8.30. The quantitative estimate of drug-likeness (QED) is 0.0511. The van der Waals surface area contributed by atoms with Crippen molar-refractivity contribution in [2.45, 2.75) is 62.1 Å². The van der Waals surface area contributed by atoms with E-state index in [1.807, 2.05) is 4.98 Å². The molecule has 8 N–H and O–H groups in total. The van der Waals surface area contributed by atoms with Gasteiger partial charge >= 0.3 is 21.3 Å². The number of nitrogens with zero attached hydrogens (tertiary/aromatic N) is 4. The van der Waals surface area contributed by atoms with E-state index in [1.54, 1.807) is 0 Å². The van der Waals surface area contributed by atoms with Gasteiger partial charge in [-0.2, -0.15) is 4.31 Å². The van der Waals surface area contributed by atoms with Crippen LogP contribution in [-0.2, 0) is 36.8 Å². The highest BCUT2D eigenvalue weighted by Crippen LogP contribution is 2.61. The van der Waals surface area contributed by atoms with Crippen LogP contribution in [-0.4, -0.2) is 108 Å². The van der Waals surface area contributed by atoms with E-state index in [4.69, 9.17) is 19.5 Å². The molecule has 2 fully saturated rings. The molecule has 1 aromatic rings. The van der Waals surface area contributed by atoms with E-state index in [0.717, 1.165) is 23.8 Å². The molecule has 1 amide bonds. The zero-order chi connectivity index (χ0) is 30.7. The van der Waals surface area contributed by atoms with Crippen molar-refractivity contribution in [3.63, 3.8) is 0 Å². The molecule has 3 heterocycles. The largest absolute Gasteiger partial charge is 0.483 e. The molecule has 0 saturated carbocycles. The predicted molar refractivity (Wildman–Crippen MR) is 127 cm³/mol. The van der Waals surface area contributed by atoms with Gasteiger partial charge in [-0.1, -0.05) is 5.11 Å². The number of amides is 1. The van der Waals surface area contributed by atoms with Gasteiger partial charge in [0, 0.05) is 24.1 Å². The molecule has 41 heavy (non-hydrogen) atoms. The lowest BCUT2D eigenvalue weighted by molar-refractivity contribution is -0.238. The highest BCUT2D eigenvalue weighted by molar-refractivity contribution is 7.61. The van der Waals surface area contributed by atoms with Crippen molar-refractivity contribution in [1.29, 1.82) is 0 Å². The molecule has 0 aromatic carbocycles. The number of aromatic nitrogens is 2. The van der Waals surface area contributed by atoms with Gasteiger partial charge in [-0.05, 0) is 5.53 Å². The molecular weight excluding hydrogens is 606 g/mol. The number of hydrogen-bond donors (Lipinski definition) is 8. The topological polar surface area (TPSA) is 334 Å². The second kappa shape index (κ2) is 13.2. The highest BCUT2D eigenvalue weighted by Gasteiger charge is 2.50. The van der Waals surface area contributed by atoms with Gasteiger partial charge in [0.05, 0.1) is 19.3 Å². The van der Waals surface area contributed by atoms with E-state index >= 15 is 0 Å². The molecule has 0 radical (unpaired) electrons. The van der Waals surface area contributed by atoms with E-state index in [2.05, 4.69) is 24.2 Å². The third-order valence-electron chi connectivity index (χ3n) is 5.70. The number of carbonyl (C=O) groups is 1. The Labute approximate surface area is 227 Å². The SMILES string of the molecule is CC(=O)NC1C(OP(=O)(O)OP(=O)(O)OC[C@H]2O[C@@H](n3ccc(=O)[nH]c3=O)[C@@H](O)[C@H]2O)OC(CN=[N+]=[N-])C(O)C1O. The number of aromatic amines is 1. The van der Waals surface area contributed by atoms with Crippen LogP contribution in [0.2, 0.25) is 0 Å². The average Bonchev–Trinajstić information content (AvgIpc) is 3.14. The first kappa shape index (κ1) is 33.0.